The van der Waals surface area contributed by atoms with Gasteiger partial charge in [0.2, 0.25) is 0 Å². The van der Waals surface area contributed by atoms with E-state index < -0.39 is 0 Å². The molecule has 0 aliphatic heterocycles. The fraction of sp³-hybridized carbons (Fsp3) is 0.700. The van der Waals surface area contributed by atoms with Crippen molar-refractivity contribution in [3.05, 3.63) is 17.0 Å². The van der Waals surface area contributed by atoms with Crippen LogP contribution in [0.25, 0.3) is 0 Å². The Morgan fingerprint density at radius 3 is 2.54 bits per heavy atom. The van der Waals surface area contributed by atoms with Crippen LogP contribution in [-0.4, -0.2) is 22.9 Å². The van der Waals surface area contributed by atoms with Gasteiger partial charge in [-0.25, -0.2) is 0 Å². The van der Waals surface area contributed by atoms with E-state index in [-0.39, 0.29) is 0 Å². The summed E-state index contributed by atoms with van der Waals surface area (Å²) >= 11 is 0. The molecule has 1 aromatic rings. The van der Waals surface area contributed by atoms with E-state index >= 15 is 0 Å². The molecule has 0 fully saturated rings. The van der Waals surface area contributed by atoms with E-state index in [0.717, 1.165) is 25.2 Å². The number of hydrogen-bond acceptors (Lipinski definition) is 2. The third-order valence-corrected chi connectivity index (χ3v) is 2.46. The van der Waals surface area contributed by atoms with Crippen LogP contribution < -0.4 is 5.32 Å². The van der Waals surface area contributed by atoms with Crippen LogP contribution in [0.4, 0.5) is 0 Å². The normalized spacial score (nSPS) is 10.8. The fourth-order valence-corrected chi connectivity index (χ4v) is 1.57. The second kappa shape index (κ2) is 4.42. The fourth-order valence-electron chi connectivity index (χ4n) is 1.57. The van der Waals surface area contributed by atoms with Gasteiger partial charge in [0.05, 0.1) is 5.69 Å². The minimum atomic E-state index is 1.04. The molecule has 0 bridgehead atoms. The van der Waals surface area contributed by atoms with Gasteiger partial charge in [0.1, 0.15) is 0 Å². The Labute approximate surface area is 80.1 Å². The summed E-state index contributed by atoms with van der Waals surface area (Å²) in [5.74, 6) is 0. The van der Waals surface area contributed by atoms with Crippen LogP contribution in [0.2, 0.25) is 0 Å². The highest BCUT2D eigenvalue weighted by Crippen LogP contribution is 2.11. The number of aromatic nitrogens is 2. The lowest BCUT2D eigenvalue weighted by atomic mass is 10.1. The zero-order chi connectivity index (χ0) is 9.84. The maximum absolute atomic E-state index is 4.38. The molecule has 0 unspecified atom stereocenters. The lowest BCUT2D eigenvalue weighted by Crippen LogP contribution is -2.16. The van der Waals surface area contributed by atoms with Crippen LogP contribution in [0.15, 0.2) is 0 Å². The second-order valence-corrected chi connectivity index (χ2v) is 3.38. The Hall–Kier alpha value is -0.830. The SMILES string of the molecule is CCNCCc1c(C)nn(C)c1C. The summed E-state index contributed by atoms with van der Waals surface area (Å²) in [6, 6.07) is 0. The van der Waals surface area contributed by atoms with Gasteiger partial charge in [-0.05, 0) is 38.9 Å². The molecule has 0 atom stereocenters. The summed E-state index contributed by atoms with van der Waals surface area (Å²) in [7, 11) is 2.00. The van der Waals surface area contributed by atoms with Gasteiger partial charge in [0, 0.05) is 12.7 Å². The summed E-state index contributed by atoms with van der Waals surface area (Å²) in [6.07, 6.45) is 1.08. The first-order valence-electron chi connectivity index (χ1n) is 4.86. The summed E-state index contributed by atoms with van der Waals surface area (Å²) in [6.45, 7) is 8.42. The molecule has 3 nitrogen and oxygen atoms in total. The number of nitrogens with one attached hydrogen (secondary N) is 1. The average Bonchev–Trinajstić information content (AvgIpc) is 2.32. The first-order valence-corrected chi connectivity index (χ1v) is 4.86. The first-order chi connectivity index (χ1) is 6.16. The van der Waals surface area contributed by atoms with Gasteiger partial charge in [0.25, 0.3) is 0 Å². The van der Waals surface area contributed by atoms with Crippen LogP contribution in [0, 0.1) is 13.8 Å². The van der Waals surface area contributed by atoms with Gasteiger partial charge in [-0.15, -0.1) is 0 Å². The van der Waals surface area contributed by atoms with Crippen molar-refractivity contribution in [2.24, 2.45) is 7.05 Å². The van der Waals surface area contributed by atoms with Gasteiger partial charge in [-0.3, -0.25) is 4.68 Å². The Kier molecular flexibility index (Phi) is 3.48. The summed E-state index contributed by atoms with van der Waals surface area (Å²) in [5.41, 5.74) is 3.84. The van der Waals surface area contributed by atoms with E-state index in [9.17, 15) is 0 Å². The lowest BCUT2D eigenvalue weighted by molar-refractivity contribution is 0.708. The van der Waals surface area contributed by atoms with Crippen LogP contribution in [0.5, 0.6) is 0 Å². The molecule has 0 aliphatic rings. The predicted molar refractivity (Wildman–Crippen MR) is 54.9 cm³/mol. The van der Waals surface area contributed by atoms with Gasteiger partial charge in [-0.1, -0.05) is 6.92 Å². The number of rotatable bonds is 4. The predicted octanol–water partition coefficient (Wildman–Crippen LogP) is 1.19. The van der Waals surface area contributed by atoms with Gasteiger partial charge < -0.3 is 5.32 Å². The summed E-state index contributed by atoms with van der Waals surface area (Å²) in [4.78, 5) is 0. The Balaban J connectivity index is 2.64. The quantitative estimate of drug-likeness (QED) is 0.707. The molecule has 0 aliphatic carbocycles. The van der Waals surface area contributed by atoms with Crippen molar-refractivity contribution in [3.63, 3.8) is 0 Å². The standard InChI is InChI=1S/C10H19N3/c1-5-11-7-6-10-8(2)12-13(4)9(10)3/h11H,5-7H2,1-4H3. The highest BCUT2D eigenvalue weighted by Gasteiger charge is 2.07. The van der Waals surface area contributed by atoms with Crippen LogP contribution >= 0.6 is 0 Å². The molecular formula is C10H19N3. The van der Waals surface area contributed by atoms with Crippen molar-refractivity contribution < 1.29 is 0 Å². The maximum atomic E-state index is 4.38. The molecule has 0 aromatic carbocycles. The highest BCUT2D eigenvalue weighted by atomic mass is 15.3. The van der Waals surface area contributed by atoms with Crippen LogP contribution in [0.1, 0.15) is 23.9 Å². The van der Waals surface area contributed by atoms with Crippen molar-refractivity contribution in [2.45, 2.75) is 27.2 Å². The molecule has 1 N–H and O–H groups in total. The molecule has 1 heterocycles. The summed E-state index contributed by atoms with van der Waals surface area (Å²) < 4.78 is 1.95. The van der Waals surface area contributed by atoms with Crippen LogP contribution in [-0.2, 0) is 13.5 Å². The number of likely N-dealkylation sites (N-methyl/N-ethyl adjacent to an activating group) is 1. The molecular weight excluding hydrogens is 162 g/mol. The zero-order valence-corrected chi connectivity index (χ0v) is 9.02. The minimum absolute atomic E-state index is 1.04. The molecule has 3 heteroatoms. The van der Waals surface area contributed by atoms with E-state index in [1.807, 2.05) is 11.7 Å². The minimum Gasteiger partial charge on any atom is -0.317 e. The molecule has 74 valence electrons. The lowest BCUT2D eigenvalue weighted by Gasteiger charge is -2.02. The number of aryl methyl sites for hydroxylation is 2. The van der Waals surface area contributed by atoms with Gasteiger partial charge in [0.15, 0.2) is 0 Å². The number of hydrogen-bond donors (Lipinski definition) is 1. The Morgan fingerprint density at radius 1 is 1.38 bits per heavy atom. The third-order valence-electron chi connectivity index (χ3n) is 2.46. The van der Waals surface area contributed by atoms with E-state index in [4.69, 9.17) is 0 Å². The zero-order valence-electron chi connectivity index (χ0n) is 9.02. The van der Waals surface area contributed by atoms with E-state index in [1.54, 1.807) is 0 Å². The number of nitrogens with zero attached hydrogens (tertiary/aromatic N) is 2. The van der Waals surface area contributed by atoms with Crippen LogP contribution in [0.3, 0.4) is 0 Å². The molecule has 0 amide bonds. The van der Waals surface area contributed by atoms with Gasteiger partial charge in [-0.2, -0.15) is 5.10 Å². The summed E-state index contributed by atoms with van der Waals surface area (Å²) in [5, 5.41) is 7.70. The molecule has 0 saturated heterocycles. The average molecular weight is 181 g/mol. The van der Waals surface area contributed by atoms with E-state index in [1.165, 1.54) is 11.3 Å². The van der Waals surface area contributed by atoms with Gasteiger partial charge >= 0.3 is 0 Å². The van der Waals surface area contributed by atoms with E-state index in [0.29, 0.717) is 0 Å². The maximum Gasteiger partial charge on any atom is 0.0628 e. The smallest absolute Gasteiger partial charge is 0.0628 e. The first kappa shape index (κ1) is 10.3. The molecule has 0 radical (unpaired) electrons. The van der Waals surface area contributed by atoms with Crippen molar-refractivity contribution in [2.75, 3.05) is 13.1 Å². The van der Waals surface area contributed by atoms with Crippen molar-refractivity contribution >= 4 is 0 Å². The largest absolute Gasteiger partial charge is 0.317 e. The molecule has 1 rings (SSSR count). The van der Waals surface area contributed by atoms with Crippen molar-refractivity contribution in [1.29, 1.82) is 0 Å². The van der Waals surface area contributed by atoms with Crippen molar-refractivity contribution in [1.82, 2.24) is 15.1 Å². The molecule has 1 aromatic heterocycles. The topological polar surface area (TPSA) is 29.9 Å². The van der Waals surface area contributed by atoms with Crippen molar-refractivity contribution in [3.8, 4) is 0 Å². The second-order valence-electron chi connectivity index (χ2n) is 3.38. The molecule has 0 saturated carbocycles. The van der Waals surface area contributed by atoms with E-state index in [2.05, 4.69) is 31.2 Å². The highest BCUT2D eigenvalue weighted by molar-refractivity contribution is 5.24. The Morgan fingerprint density at radius 2 is 2.08 bits per heavy atom. The molecule has 13 heavy (non-hydrogen) atoms. The monoisotopic (exact) mass is 181 g/mol. The molecule has 0 spiro atoms. The third kappa shape index (κ3) is 2.31. The Bertz CT molecular complexity index is 276.